The number of rotatable bonds is 5. The average molecular weight is 300 g/mol. The maximum absolute atomic E-state index is 12.0. The van der Waals surface area contributed by atoms with Crippen LogP contribution in [-0.2, 0) is 22.6 Å². The van der Waals surface area contributed by atoms with Crippen LogP contribution < -0.4 is 5.73 Å². The summed E-state index contributed by atoms with van der Waals surface area (Å²) in [5.74, 6) is -0.417. The molecule has 2 heterocycles. The number of carbonyl (C=O) groups is 2. The Morgan fingerprint density at radius 3 is 3.11 bits per heavy atom. The maximum atomic E-state index is 12.0. The molecule has 1 aliphatic rings. The lowest BCUT2D eigenvalue weighted by Gasteiger charge is -2.27. The fourth-order valence-corrected chi connectivity index (χ4v) is 3.66. The van der Waals surface area contributed by atoms with Crippen molar-refractivity contribution in [2.45, 2.75) is 19.0 Å². The number of hydrogen-bond acceptors (Lipinski definition) is 5. The SMILES string of the molecule is N[C@@H](CSCC(=O)N1CCc2sccc2C1)C(=O)O. The van der Waals surface area contributed by atoms with Gasteiger partial charge in [-0.15, -0.1) is 23.1 Å². The highest BCUT2D eigenvalue weighted by Crippen LogP contribution is 2.24. The van der Waals surface area contributed by atoms with Gasteiger partial charge in [0.1, 0.15) is 6.04 Å². The molecule has 1 aliphatic heterocycles. The van der Waals surface area contributed by atoms with Crippen LogP contribution in [0.5, 0.6) is 0 Å². The molecule has 0 aliphatic carbocycles. The first kappa shape index (κ1) is 14.4. The summed E-state index contributed by atoms with van der Waals surface area (Å²) in [5.41, 5.74) is 6.62. The van der Waals surface area contributed by atoms with E-state index in [9.17, 15) is 9.59 Å². The van der Waals surface area contributed by atoms with Gasteiger partial charge >= 0.3 is 5.97 Å². The number of aliphatic carboxylic acids is 1. The summed E-state index contributed by atoms with van der Waals surface area (Å²) in [6.45, 7) is 1.42. The van der Waals surface area contributed by atoms with E-state index in [2.05, 4.69) is 11.4 Å². The standard InChI is InChI=1S/C12H16N2O3S2/c13-9(12(16)17)6-18-7-11(15)14-3-1-10-8(5-14)2-4-19-10/h2,4,9H,1,3,5-7,13H2,(H,16,17)/t9-/m0/s1. The van der Waals surface area contributed by atoms with Crippen LogP contribution in [0.1, 0.15) is 10.4 Å². The third-order valence-electron chi connectivity index (χ3n) is 3.00. The van der Waals surface area contributed by atoms with Crippen molar-refractivity contribution in [2.24, 2.45) is 5.73 Å². The van der Waals surface area contributed by atoms with E-state index in [-0.39, 0.29) is 11.7 Å². The molecular formula is C12H16N2O3S2. The Morgan fingerprint density at radius 2 is 2.37 bits per heavy atom. The van der Waals surface area contributed by atoms with Crippen molar-refractivity contribution in [1.82, 2.24) is 4.90 Å². The van der Waals surface area contributed by atoms with Crippen LogP contribution in [0.2, 0.25) is 0 Å². The van der Waals surface area contributed by atoms with Gasteiger partial charge < -0.3 is 15.7 Å². The molecule has 0 bridgehead atoms. The minimum atomic E-state index is -1.03. The van der Waals surface area contributed by atoms with Crippen LogP contribution in [0.15, 0.2) is 11.4 Å². The van der Waals surface area contributed by atoms with Crippen LogP contribution in [0, 0.1) is 0 Å². The van der Waals surface area contributed by atoms with Gasteiger partial charge in [-0.1, -0.05) is 0 Å². The quantitative estimate of drug-likeness (QED) is 0.839. The van der Waals surface area contributed by atoms with Crippen molar-refractivity contribution in [1.29, 1.82) is 0 Å². The number of carboxylic acids is 1. The second-order valence-corrected chi connectivity index (χ2v) is 6.43. The Morgan fingerprint density at radius 1 is 1.58 bits per heavy atom. The number of nitrogens with two attached hydrogens (primary N) is 1. The van der Waals surface area contributed by atoms with E-state index < -0.39 is 12.0 Å². The summed E-state index contributed by atoms with van der Waals surface area (Å²) in [6.07, 6.45) is 0.915. The predicted octanol–water partition coefficient (Wildman–Crippen LogP) is 0.778. The first-order valence-corrected chi connectivity index (χ1v) is 8.00. The van der Waals surface area contributed by atoms with E-state index in [4.69, 9.17) is 10.8 Å². The zero-order chi connectivity index (χ0) is 13.8. The number of amides is 1. The second-order valence-electron chi connectivity index (χ2n) is 4.39. The van der Waals surface area contributed by atoms with Gasteiger partial charge in [-0.05, 0) is 23.4 Å². The first-order valence-electron chi connectivity index (χ1n) is 5.97. The number of thioether (sulfide) groups is 1. The lowest BCUT2D eigenvalue weighted by atomic mass is 10.1. The molecule has 104 valence electrons. The van der Waals surface area contributed by atoms with Crippen LogP contribution >= 0.6 is 23.1 Å². The van der Waals surface area contributed by atoms with Crippen LogP contribution in [0.3, 0.4) is 0 Å². The third-order valence-corrected chi connectivity index (χ3v) is 5.07. The molecule has 0 aromatic carbocycles. The van der Waals surface area contributed by atoms with E-state index in [1.54, 1.807) is 11.3 Å². The molecule has 2 rings (SSSR count). The number of fused-ring (bicyclic) bond motifs is 1. The minimum Gasteiger partial charge on any atom is -0.480 e. The van der Waals surface area contributed by atoms with Gasteiger partial charge in [0.15, 0.2) is 0 Å². The lowest BCUT2D eigenvalue weighted by Crippen LogP contribution is -2.37. The van der Waals surface area contributed by atoms with Gasteiger partial charge in [0.25, 0.3) is 0 Å². The smallest absolute Gasteiger partial charge is 0.321 e. The zero-order valence-corrected chi connectivity index (χ0v) is 12.0. The summed E-state index contributed by atoms with van der Waals surface area (Å²) in [7, 11) is 0. The molecule has 0 fully saturated rings. The summed E-state index contributed by atoms with van der Waals surface area (Å²) >= 11 is 3.02. The lowest BCUT2D eigenvalue weighted by molar-refractivity contribution is -0.138. The van der Waals surface area contributed by atoms with Crippen molar-refractivity contribution in [2.75, 3.05) is 18.1 Å². The largest absolute Gasteiger partial charge is 0.480 e. The topological polar surface area (TPSA) is 83.6 Å². The van der Waals surface area contributed by atoms with Gasteiger partial charge in [-0.3, -0.25) is 9.59 Å². The van der Waals surface area contributed by atoms with Crippen molar-refractivity contribution in [3.8, 4) is 0 Å². The summed E-state index contributed by atoms with van der Waals surface area (Å²) in [5, 5.41) is 10.7. The molecule has 1 aromatic rings. The van der Waals surface area contributed by atoms with Crippen molar-refractivity contribution >= 4 is 35.0 Å². The summed E-state index contributed by atoms with van der Waals surface area (Å²) in [6, 6.07) is 1.16. The van der Waals surface area contributed by atoms with Crippen LogP contribution in [0.4, 0.5) is 0 Å². The summed E-state index contributed by atoms with van der Waals surface area (Å²) < 4.78 is 0. The first-order chi connectivity index (χ1) is 9.08. The van der Waals surface area contributed by atoms with Crippen LogP contribution in [-0.4, -0.2) is 46.0 Å². The molecule has 0 radical (unpaired) electrons. The molecule has 3 N–H and O–H groups in total. The Hall–Kier alpha value is -1.05. The number of carboxylic acid groups (broad SMARTS) is 1. The number of carbonyl (C=O) groups excluding carboxylic acids is 1. The normalized spacial score (nSPS) is 15.9. The van der Waals surface area contributed by atoms with E-state index in [0.717, 1.165) is 13.0 Å². The number of nitrogens with zero attached hydrogens (tertiary/aromatic N) is 1. The van der Waals surface area contributed by atoms with Crippen molar-refractivity contribution in [3.05, 3.63) is 21.9 Å². The van der Waals surface area contributed by atoms with E-state index in [1.165, 1.54) is 22.2 Å². The van der Waals surface area contributed by atoms with Crippen LogP contribution in [0.25, 0.3) is 0 Å². The average Bonchev–Trinajstić information content (AvgIpc) is 2.85. The molecule has 0 saturated heterocycles. The molecule has 19 heavy (non-hydrogen) atoms. The highest BCUT2D eigenvalue weighted by atomic mass is 32.2. The highest BCUT2D eigenvalue weighted by Gasteiger charge is 2.21. The number of hydrogen-bond donors (Lipinski definition) is 2. The van der Waals surface area contributed by atoms with Gasteiger partial charge in [0, 0.05) is 23.7 Å². The third kappa shape index (κ3) is 3.71. The molecule has 1 atom stereocenters. The minimum absolute atomic E-state index is 0.0550. The predicted molar refractivity (Wildman–Crippen MR) is 76.4 cm³/mol. The van der Waals surface area contributed by atoms with Gasteiger partial charge in [0.05, 0.1) is 5.75 Å². The fraction of sp³-hybridized carbons (Fsp3) is 0.500. The van der Waals surface area contributed by atoms with Crippen molar-refractivity contribution < 1.29 is 14.7 Å². The Kier molecular flexibility index (Phi) is 4.84. The van der Waals surface area contributed by atoms with E-state index in [0.29, 0.717) is 12.3 Å². The highest BCUT2D eigenvalue weighted by molar-refractivity contribution is 8.00. The summed E-state index contributed by atoms with van der Waals surface area (Å²) in [4.78, 5) is 25.7. The zero-order valence-electron chi connectivity index (χ0n) is 10.4. The molecule has 0 unspecified atom stereocenters. The molecule has 5 nitrogen and oxygen atoms in total. The molecule has 7 heteroatoms. The Balaban J connectivity index is 1.77. The second kappa shape index (κ2) is 6.40. The molecule has 0 saturated carbocycles. The Labute approximate surface area is 119 Å². The fourth-order valence-electron chi connectivity index (χ4n) is 1.90. The molecule has 1 aromatic heterocycles. The number of thiophene rings is 1. The van der Waals surface area contributed by atoms with Gasteiger partial charge in [-0.2, -0.15) is 0 Å². The monoisotopic (exact) mass is 300 g/mol. The van der Waals surface area contributed by atoms with Crippen molar-refractivity contribution in [3.63, 3.8) is 0 Å². The molecule has 0 spiro atoms. The van der Waals surface area contributed by atoms with Gasteiger partial charge in [0.2, 0.25) is 5.91 Å². The van der Waals surface area contributed by atoms with E-state index in [1.807, 2.05) is 4.90 Å². The maximum Gasteiger partial charge on any atom is 0.321 e. The van der Waals surface area contributed by atoms with E-state index >= 15 is 0 Å². The van der Waals surface area contributed by atoms with Gasteiger partial charge in [-0.25, -0.2) is 0 Å². The molecule has 1 amide bonds. The molecular weight excluding hydrogens is 284 g/mol. The Bertz CT molecular complexity index is 475.